The van der Waals surface area contributed by atoms with Gasteiger partial charge >= 0.3 is 0 Å². The van der Waals surface area contributed by atoms with Crippen molar-refractivity contribution in [2.75, 3.05) is 68.6 Å². The van der Waals surface area contributed by atoms with Crippen LogP contribution in [0.2, 0.25) is 0 Å². The highest BCUT2D eigenvalue weighted by Gasteiger charge is 2.08. The monoisotopic (exact) mass is 590 g/mol. The molecule has 0 saturated heterocycles. The zero-order valence-corrected chi connectivity index (χ0v) is 24.7. The molecular weight excluding hydrogens is 548 g/mol. The SMILES string of the molecule is C=CCNc1nc(NCCCC)nc(NCc2ccc(C(=O)NCCOCCOCCNC(=O)c3ccccc3)cc2)n1. The maximum Gasteiger partial charge on any atom is 0.251 e. The second-order valence-electron chi connectivity index (χ2n) is 9.41. The van der Waals surface area contributed by atoms with Crippen molar-refractivity contribution in [3.05, 3.63) is 83.9 Å². The molecule has 230 valence electrons. The third-order valence-corrected chi connectivity index (χ3v) is 5.99. The number of ether oxygens (including phenoxy) is 2. The maximum absolute atomic E-state index is 12.5. The summed E-state index contributed by atoms with van der Waals surface area (Å²) in [5.41, 5.74) is 2.15. The van der Waals surface area contributed by atoms with E-state index in [1.54, 1.807) is 30.3 Å². The number of rotatable bonds is 21. The Morgan fingerprint density at radius 3 is 1.86 bits per heavy atom. The molecule has 0 fully saturated rings. The molecule has 0 saturated carbocycles. The second kappa shape index (κ2) is 19.5. The van der Waals surface area contributed by atoms with E-state index in [0.717, 1.165) is 24.9 Å². The number of aromatic nitrogens is 3. The normalized spacial score (nSPS) is 10.5. The Hall–Kier alpha value is -4.55. The van der Waals surface area contributed by atoms with Crippen molar-refractivity contribution < 1.29 is 19.1 Å². The van der Waals surface area contributed by atoms with Crippen LogP contribution in [0.1, 0.15) is 46.0 Å². The van der Waals surface area contributed by atoms with Crippen LogP contribution >= 0.6 is 0 Å². The fourth-order valence-electron chi connectivity index (χ4n) is 3.70. The molecule has 2 aromatic carbocycles. The minimum atomic E-state index is -0.174. The highest BCUT2D eigenvalue weighted by Crippen LogP contribution is 2.12. The van der Waals surface area contributed by atoms with Gasteiger partial charge in [-0.1, -0.05) is 49.8 Å². The Morgan fingerprint density at radius 1 is 0.721 bits per heavy atom. The molecule has 0 aliphatic heterocycles. The van der Waals surface area contributed by atoms with Gasteiger partial charge in [-0.2, -0.15) is 15.0 Å². The zero-order valence-electron chi connectivity index (χ0n) is 24.7. The quantitative estimate of drug-likeness (QED) is 0.0921. The Balaban J connectivity index is 1.29. The van der Waals surface area contributed by atoms with Crippen LogP contribution < -0.4 is 26.6 Å². The summed E-state index contributed by atoms with van der Waals surface area (Å²) in [5.74, 6) is 1.11. The Kier molecular flexibility index (Phi) is 15.0. The van der Waals surface area contributed by atoms with Crippen molar-refractivity contribution in [1.82, 2.24) is 25.6 Å². The molecule has 12 nitrogen and oxygen atoms in total. The fraction of sp³-hybridized carbons (Fsp3) is 0.387. The first-order valence-corrected chi connectivity index (χ1v) is 14.5. The molecule has 0 radical (unpaired) electrons. The van der Waals surface area contributed by atoms with Crippen molar-refractivity contribution in [3.63, 3.8) is 0 Å². The number of carbonyl (C=O) groups is 2. The fourth-order valence-corrected chi connectivity index (χ4v) is 3.70. The highest BCUT2D eigenvalue weighted by atomic mass is 16.5. The van der Waals surface area contributed by atoms with E-state index in [-0.39, 0.29) is 11.8 Å². The molecule has 2 amide bonds. The number of hydrogen-bond acceptors (Lipinski definition) is 10. The van der Waals surface area contributed by atoms with Crippen LogP contribution in [0.5, 0.6) is 0 Å². The second-order valence-corrected chi connectivity index (χ2v) is 9.41. The van der Waals surface area contributed by atoms with Crippen LogP contribution in [0.3, 0.4) is 0 Å². The molecule has 3 rings (SSSR count). The molecule has 0 bridgehead atoms. The van der Waals surface area contributed by atoms with Gasteiger partial charge < -0.3 is 36.1 Å². The summed E-state index contributed by atoms with van der Waals surface area (Å²) in [4.78, 5) is 37.7. The van der Waals surface area contributed by atoms with E-state index in [4.69, 9.17) is 9.47 Å². The topological polar surface area (TPSA) is 151 Å². The molecule has 0 aliphatic carbocycles. The molecule has 0 unspecified atom stereocenters. The molecule has 12 heteroatoms. The number of anilines is 3. The standard InChI is InChI=1S/C31H42N8O4/c1-3-5-16-35-30-37-29(34-15-4-2)38-31(39-30)36-23-24-11-13-26(14-12-24)28(41)33-18-20-43-22-21-42-19-17-32-27(40)25-9-7-6-8-10-25/h4,6-14H,2-3,5,15-23H2,1H3,(H,32,40)(H,33,41)(H3,34,35,36,37,38,39). The van der Waals surface area contributed by atoms with Crippen LogP contribution in [0.25, 0.3) is 0 Å². The van der Waals surface area contributed by atoms with Crippen LogP contribution in [0, 0.1) is 0 Å². The lowest BCUT2D eigenvalue weighted by Crippen LogP contribution is -2.28. The van der Waals surface area contributed by atoms with Crippen molar-refractivity contribution in [3.8, 4) is 0 Å². The van der Waals surface area contributed by atoms with Gasteiger partial charge in [-0.3, -0.25) is 9.59 Å². The van der Waals surface area contributed by atoms with Gasteiger partial charge in [0.1, 0.15) is 0 Å². The average molecular weight is 591 g/mol. The molecule has 1 heterocycles. The first-order valence-electron chi connectivity index (χ1n) is 14.5. The van der Waals surface area contributed by atoms with Crippen molar-refractivity contribution in [1.29, 1.82) is 0 Å². The van der Waals surface area contributed by atoms with E-state index in [1.165, 1.54) is 0 Å². The summed E-state index contributed by atoms with van der Waals surface area (Å²) in [5, 5.41) is 15.2. The summed E-state index contributed by atoms with van der Waals surface area (Å²) < 4.78 is 11.0. The first-order chi connectivity index (χ1) is 21.1. The number of hydrogen-bond donors (Lipinski definition) is 5. The molecule has 1 aromatic heterocycles. The molecule has 0 spiro atoms. The third-order valence-electron chi connectivity index (χ3n) is 5.99. The summed E-state index contributed by atoms with van der Waals surface area (Å²) in [7, 11) is 0. The van der Waals surface area contributed by atoms with E-state index in [1.807, 2.05) is 30.3 Å². The Bertz CT molecular complexity index is 1260. The van der Waals surface area contributed by atoms with Crippen molar-refractivity contribution >= 4 is 29.7 Å². The Labute approximate surface area is 253 Å². The van der Waals surface area contributed by atoms with Gasteiger partial charge in [0.2, 0.25) is 17.8 Å². The lowest BCUT2D eigenvalue weighted by atomic mass is 10.1. The lowest BCUT2D eigenvalue weighted by Gasteiger charge is -2.11. The van der Waals surface area contributed by atoms with E-state index in [9.17, 15) is 9.59 Å². The summed E-state index contributed by atoms with van der Waals surface area (Å²) >= 11 is 0. The third kappa shape index (κ3) is 12.9. The summed E-state index contributed by atoms with van der Waals surface area (Å²) in [6, 6.07) is 16.4. The predicted octanol–water partition coefficient (Wildman–Crippen LogP) is 3.49. The molecule has 3 aromatic rings. The number of nitrogens with one attached hydrogen (secondary N) is 5. The number of carbonyl (C=O) groups excluding carboxylic acids is 2. The van der Waals surface area contributed by atoms with E-state index < -0.39 is 0 Å². The number of amides is 2. The first kappa shape index (κ1) is 33.0. The summed E-state index contributed by atoms with van der Waals surface area (Å²) in [6.45, 7) is 10.0. The minimum Gasteiger partial charge on any atom is -0.377 e. The van der Waals surface area contributed by atoms with Crippen LogP contribution in [-0.2, 0) is 16.0 Å². The largest absolute Gasteiger partial charge is 0.377 e. The van der Waals surface area contributed by atoms with Gasteiger partial charge in [-0.25, -0.2) is 0 Å². The number of unbranched alkanes of at least 4 members (excludes halogenated alkanes) is 1. The average Bonchev–Trinajstić information content (AvgIpc) is 3.04. The van der Waals surface area contributed by atoms with Crippen molar-refractivity contribution in [2.45, 2.75) is 26.3 Å². The van der Waals surface area contributed by atoms with Gasteiger partial charge in [0.05, 0.1) is 26.4 Å². The zero-order chi connectivity index (χ0) is 30.5. The molecule has 0 aliphatic rings. The minimum absolute atomic E-state index is 0.127. The molecule has 43 heavy (non-hydrogen) atoms. The van der Waals surface area contributed by atoms with Gasteiger partial charge in [-0.05, 0) is 36.2 Å². The van der Waals surface area contributed by atoms with E-state index in [0.29, 0.717) is 81.6 Å². The van der Waals surface area contributed by atoms with Gasteiger partial charge in [0.15, 0.2) is 0 Å². The lowest BCUT2D eigenvalue weighted by molar-refractivity contribution is 0.0486. The smallest absolute Gasteiger partial charge is 0.251 e. The molecule has 5 N–H and O–H groups in total. The van der Waals surface area contributed by atoms with Crippen molar-refractivity contribution in [2.24, 2.45) is 0 Å². The van der Waals surface area contributed by atoms with E-state index in [2.05, 4.69) is 55.0 Å². The predicted molar refractivity (Wildman–Crippen MR) is 168 cm³/mol. The van der Waals surface area contributed by atoms with Gasteiger partial charge in [0.25, 0.3) is 11.8 Å². The van der Waals surface area contributed by atoms with Gasteiger partial charge in [-0.15, -0.1) is 6.58 Å². The van der Waals surface area contributed by atoms with Gasteiger partial charge in [0, 0.05) is 43.9 Å². The molecule has 0 atom stereocenters. The molecular formula is C31H42N8O4. The van der Waals surface area contributed by atoms with Crippen LogP contribution in [-0.4, -0.2) is 79.4 Å². The number of nitrogens with zero attached hydrogens (tertiary/aromatic N) is 3. The maximum atomic E-state index is 12.5. The Morgan fingerprint density at radius 2 is 1.28 bits per heavy atom. The number of benzene rings is 2. The van der Waals surface area contributed by atoms with Crippen LogP contribution in [0.15, 0.2) is 67.3 Å². The summed E-state index contributed by atoms with van der Waals surface area (Å²) in [6.07, 6.45) is 3.83. The van der Waals surface area contributed by atoms with Crippen LogP contribution in [0.4, 0.5) is 17.8 Å². The van der Waals surface area contributed by atoms with E-state index >= 15 is 0 Å². The highest BCUT2D eigenvalue weighted by molar-refractivity contribution is 5.94.